The van der Waals surface area contributed by atoms with E-state index in [2.05, 4.69) is 0 Å². The topological polar surface area (TPSA) is 301 Å². The van der Waals surface area contributed by atoms with Crippen molar-refractivity contribution in [3.05, 3.63) is 89.5 Å². The van der Waals surface area contributed by atoms with Crippen LogP contribution in [0.5, 0.6) is 34.5 Å². The summed E-state index contributed by atoms with van der Waals surface area (Å²) in [6, 6.07) is 10.6. The number of aliphatic carboxylic acids is 2. The second-order valence-electron chi connectivity index (χ2n) is 12.2. The second-order valence-corrected chi connectivity index (χ2v) is 12.2. The van der Waals surface area contributed by atoms with Crippen molar-refractivity contribution in [1.82, 2.24) is 0 Å². The molecule has 0 saturated heterocycles. The lowest BCUT2D eigenvalue weighted by atomic mass is 9.79. The monoisotopic (exact) mass is 778 g/mol. The Hall–Kier alpha value is -7.50. The lowest BCUT2D eigenvalue weighted by molar-refractivity contribution is -0.219. The maximum absolute atomic E-state index is 13.1. The number of rotatable bonds is 14. The summed E-state index contributed by atoms with van der Waals surface area (Å²) in [4.78, 5) is 76.3. The van der Waals surface area contributed by atoms with Gasteiger partial charge in [0.05, 0.1) is 12.8 Å². The molecule has 4 rings (SSSR count). The lowest BCUT2D eigenvalue weighted by Gasteiger charge is -2.43. The summed E-state index contributed by atoms with van der Waals surface area (Å²) in [5.74, 6) is -11.0. The highest BCUT2D eigenvalue weighted by Gasteiger charge is 2.57. The second kappa shape index (κ2) is 18.0. The van der Waals surface area contributed by atoms with Gasteiger partial charge in [-0.2, -0.15) is 0 Å². The van der Waals surface area contributed by atoms with Gasteiger partial charge in [0.2, 0.25) is 5.60 Å². The molecule has 1 aliphatic carbocycles. The van der Waals surface area contributed by atoms with E-state index in [1.807, 2.05) is 0 Å². The molecule has 294 valence electrons. The van der Waals surface area contributed by atoms with Crippen LogP contribution in [0.2, 0.25) is 0 Å². The summed E-state index contributed by atoms with van der Waals surface area (Å²) in [6.45, 7) is 0. The molecule has 1 saturated carbocycles. The van der Waals surface area contributed by atoms with Crippen LogP contribution in [0.25, 0.3) is 18.2 Å². The van der Waals surface area contributed by atoms with Crippen molar-refractivity contribution in [2.75, 3.05) is 0 Å². The van der Waals surface area contributed by atoms with Crippen molar-refractivity contribution in [3.63, 3.8) is 0 Å². The van der Waals surface area contributed by atoms with E-state index in [4.69, 9.17) is 24.1 Å². The van der Waals surface area contributed by atoms with Crippen LogP contribution in [0.4, 0.5) is 0 Å². The van der Waals surface area contributed by atoms with E-state index in [1.165, 1.54) is 18.2 Å². The SMILES string of the molecule is O=C(O)CCC(=O)OC1[C@H](OC(=O)/C=C/c2ccc(O)c(O)c2)CC(OC(=O)/C=C/c2ccc(O)c(O)c2)(C(=O)O)C[C@H]1OC(=O)/C=C/c1ccc(O)c(O)c1. The Bertz CT molecular complexity index is 2010. The minimum absolute atomic E-state index is 0.180. The quantitative estimate of drug-likeness (QED) is 0.0504. The molecule has 0 unspecified atom stereocenters. The van der Waals surface area contributed by atoms with Gasteiger partial charge in [0.15, 0.2) is 40.6 Å². The fourth-order valence-corrected chi connectivity index (χ4v) is 5.32. The number of phenolic OH excluding ortho intramolecular Hbond substituents is 6. The first kappa shape index (κ1) is 41.3. The molecule has 18 nitrogen and oxygen atoms in total. The number of ether oxygens (including phenoxy) is 4. The van der Waals surface area contributed by atoms with E-state index in [9.17, 15) is 64.5 Å². The summed E-state index contributed by atoms with van der Waals surface area (Å²) < 4.78 is 21.8. The molecule has 3 aromatic carbocycles. The van der Waals surface area contributed by atoms with E-state index in [0.717, 1.165) is 72.9 Å². The van der Waals surface area contributed by atoms with Gasteiger partial charge in [0, 0.05) is 31.1 Å². The minimum Gasteiger partial charge on any atom is -0.504 e. The van der Waals surface area contributed by atoms with Crippen LogP contribution < -0.4 is 0 Å². The summed E-state index contributed by atoms with van der Waals surface area (Å²) in [5.41, 5.74) is -2.09. The van der Waals surface area contributed by atoms with Crippen LogP contribution in [0.15, 0.2) is 72.8 Å². The van der Waals surface area contributed by atoms with E-state index in [0.29, 0.717) is 0 Å². The maximum atomic E-state index is 13.1. The van der Waals surface area contributed by atoms with Crippen molar-refractivity contribution >= 4 is 54.0 Å². The first-order chi connectivity index (χ1) is 26.4. The molecule has 0 aromatic heterocycles. The third-order valence-corrected chi connectivity index (χ3v) is 8.06. The average Bonchev–Trinajstić information content (AvgIpc) is 3.13. The predicted octanol–water partition coefficient (Wildman–Crippen LogP) is 3.12. The lowest BCUT2D eigenvalue weighted by Crippen LogP contribution is -2.60. The molecular weight excluding hydrogens is 744 g/mol. The van der Waals surface area contributed by atoms with Crippen molar-refractivity contribution in [2.45, 2.75) is 49.6 Å². The van der Waals surface area contributed by atoms with Gasteiger partial charge in [-0.25, -0.2) is 19.2 Å². The number of phenols is 6. The first-order valence-electron chi connectivity index (χ1n) is 16.3. The molecule has 3 aromatic rings. The number of hydrogen-bond acceptors (Lipinski definition) is 16. The Balaban J connectivity index is 1.71. The van der Waals surface area contributed by atoms with Crippen LogP contribution in [0.3, 0.4) is 0 Å². The predicted molar refractivity (Wildman–Crippen MR) is 189 cm³/mol. The van der Waals surface area contributed by atoms with Gasteiger partial charge >= 0.3 is 35.8 Å². The maximum Gasteiger partial charge on any atom is 0.348 e. The highest BCUT2D eigenvalue weighted by molar-refractivity contribution is 5.91. The number of carboxylic acids is 2. The molecule has 1 fully saturated rings. The van der Waals surface area contributed by atoms with Crippen molar-refractivity contribution in [2.24, 2.45) is 0 Å². The number of aromatic hydroxyl groups is 6. The van der Waals surface area contributed by atoms with E-state index in [-0.39, 0.29) is 16.7 Å². The highest BCUT2D eigenvalue weighted by Crippen LogP contribution is 2.38. The normalized spacial score (nSPS) is 19.4. The third kappa shape index (κ3) is 11.3. The molecular formula is C38H34O18. The number of carboxylic acid groups (broad SMARTS) is 2. The van der Waals surface area contributed by atoms with Crippen LogP contribution in [0.1, 0.15) is 42.4 Å². The van der Waals surface area contributed by atoms with Crippen LogP contribution in [0, 0.1) is 0 Å². The Morgan fingerprint density at radius 2 is 0.946 bits per heavy atom. The average molecular weight is 779 g/mol. The van der Waals surface area contributed by atoms with Gasteiger partial charge in [-0.15, -0.1) is 0 Å². The summed E-state index contributed by atoms with van der Waals surface area (Å²) in [5, 5.41) is 77.6. The van der Waals surface area contributed by atoms with E-state index < -0.39 is 120 Å². The molecule has 0 aliphatic heterocycles. The number of benzene rings is 3. The van der Waals surface area contributed by atoms with Gasteiger partial charge in [-0.05, 0) is 71.3 Å². The van der Waals surface area contributed by atoms with Gasteiger partial charge < -0.3 is 59.8 Å². The molecule has 1 aliphatic rings. The fraction of sp³-hybridized carbons (Fsp3) is 0.211. The summed E-state index contributed by atoms with van der Waals surface area (Å²) in [6.07, 6.45) is -2.95. The van der Waals surface area contributed by atoms with Gasteiger partial charge in [0.1, 0.15) is 12.2 Å². The third-order valence-electron chi connectivity index (χ3n) is 8.06. The molecule has 2 atom stereocenters. The van der Waals surface area contributed by atoms with E-state index in [1.54, 1.807) is 0 Å². The molecule has 0 spiro atoms. The molecule has 56 heavy (non-hydrogen) atoms. The first-order valence-corrected chi connectivity index (χ1v) is 16.3. The molecule has 0 bridgehead atoms. The van der Waals surface area contributed by atoms with Crippen molar-refractivity contribution in [3.8, 4) is 34.5 Å². The number of carbonyl (C=O) groups is 6. The zero-order chi connectivity index (χ0) is 41.2. The van der Waals surface area contributed by atoms with Crippen molar-refractivity contribution < 1.29 is 88.6 Å². The molecule has 0 amide bonds. The summed E-state index contributed by atoms with van der Waals surface area (Å²) >= 11 is 0. The summed E-state index contributed by atoms with van der Waals surface area (Å²) in [7, 11) is 0. The molecule has 8 N–H and O–H groups in total. The molecule has 0 heterocycles. The van der Waals surface area contributed by atoms with Crippen LogP contribution in [-0.2, 0) is 47.7 Å². The molecule has 0 radical (unpaired) electrons. The Morgan fingerprint density at radius 1 is 0.554 bits per heavy atom. The van der Waals surface area contributed by atoms with Crippen LogP contribution in [-0.4, -0.2) is 101 Å². The Morgan fingerprint density at radius 3 is 1.30 bits per heavy atom. The smallest absolute Gasteiger partial charge is 0.348 e. The number of hydrogen-bond donors (Lipinski definition) is 8. The standard InChI is InChI=1S/C38H34O18/c39-23-7-1-20(15-26(23)42)4-11-32(47)53-29-18-38(37(51)52,56-35(50)13-6-22-3-9-25(41)28(44)17-22)19-30(36(29)55-34(49)14-10-31(45)46)54-33(48)12-5-21-2-8-24(40)27(43)16-21/h1-9,11-13,15-17,29-30,36,39-44H,10,14,18-19H2,(H,45,46)(H,51,52)/b11-4+,12-5+,13-6+/t29-,30-,36?,38?/m1/s1. The largest absolute Gasteiger partial charge is 0.504 e. The van der Waals surface area contributed by atoms with Gasteiger partial charge in [-0.3, -0.25) is 9.59 Å². The zero-order valence-electron chi connectivity index (χ0n) is 28.9. The fourth-order valence-electron chi connectivity index (χ4n) is 5.32. The minimum atomic E-state index is -2.66. The Kier molecular flexibility index (Phi) is 13.3. The number of carbonyl (C=O) groups excluding carboxylic acids is 4. The highest BCUT2D eigenvalue weighted by atomic mass is 16.6. The van der Waals surface area contributed by atoms with E-state index >= 15 is 0 Å². The van der Waals surface area contributed by atoms with Gasteiger partial charge in [0.25, 0.3) is 0 Å². The van der Waals surface area contributed by atoms with Crippen LogP contribution >= 0.6 is 0 Å². The van der Waals surface area contributed by atoms with Crippen molar-refractivity contribution in [1.29, 1.82) is 0 Å². The Labute approximate surface area is 316 Å². The zero-order valence-corrected chi connectivity index (χ0v) is 28.9. The number of esters is 4. The van der Waals surface area contributed by atoms with Gasteiger partial charge in [-0.1, -0.05) is 18.2 Å². The molecule has 18 heteroatoms.